The van der Waals surface area contributed by atoms with Gasteiger partial charge >= 0.3 is 13.3 Å². The molecule has 1 saturated heterocycles. The molecule has 3 aromatic rings. The number of fused-ring (bicyclic) bond motifs is 1. The van der Waals surface area contributed by atoms with E-state index in [2.05, 4.69) is 15.6 Å². The molecule has 230 valence electrons. The van der Waals surface area contributed by atoms with Crippen LogP contribution >= 0.6 is 7.60 Å². The highest BCUT2D eigenvalue weighted by Gasteiger charge is 2.50. The van der Waals surface area contributed by atoms with Crippen LogP contribution in [0.1, 0.15) is 67.6 Å². The molecule has 1 aliphatic carbocycles. The molecule has 5 N–H and O–H groups in total. The Labute approximate surface area is 247 Å². The summed E-state index contributed by atoms with van der Waals surface area (Å²) in [4.78, 5) is 62.9. The normalized spacial score (nSPS) is 21.5. The van der Waals surface area contributed by atoms with Crippen LogP contribution < -0.4 is 10.6 Å². The van der Waals surface area contributed by atoms with Crippen LogP contribution in [0.15, 0.2) is 54.6 Å². The summed E-state index contributed by atoms with van der Waals surface area (Å²) in [5, 5.41) is 5.98. The van der Waals surface area contributed by atoms with Crippen LogP contribution in [-0.4, -0.2) is 62.1 Å². The molecule has 3 amide bonds. The van der Waals surface area contributed by atoms with Gasteiger partial charge in [0.2, 0.25) is 11.8 Å². The van der Waals surface area contributed by atoms with Gasteiger partial charge in [-0.3, -0.25) is 18.9 Å². The summed E-state index contributed by atoms with van der Waals surface area (Å²) in [5.41, 5.74) is -4.60. The number of carbonyl (C=O) groups is 3. The first-order valence-electron chi connectivity index (χ1n) is 14.1. The molecule has 10 nitrogen and oxygen atoms in total. The van der Waals surface area contributed by atoms with Crippen LogP contribution in [0.4, 0.5) is 8.78 Å². The van der Waals surface area contributed by atoms with Crippen molar-refractivity contribution in [1.82, 2.24) is 20.5 Å². The van der Waals surface area contributed by atoms with Gasteiger partial charge in [-0.25, -0.2) is 0 Å². The minimum atomic E-state index is -5.77. The summed E-state index contributed by atoms with van der Waals surface area (Å²) < 4.78 is 39.8. The average Bonchev–Trinajstić information content (AvgIpc) is 3.32. The lowest BCUT2D eigenvalue weighted by Crippen LogP contribution is -2.57. The van der Waals surface area contributed by atoms with Crippen molar-refractivity contribution in [2.24, 2.45) is 5.41 Å². The highest BCUT2D eigenvalue weighted by molar-refractivity contribution is 7.52. The molecule has 2 aliphatic rings. The monoisotopic (exact) mass is 616 g/mol. The second-order valence-corrected chi connectivity index (χ2v) is 14.1. The number of amides is 3. The summed E-state index contributed by atoms with van der Waals surface area (Å²) in [7, 11) is -5.77. The summed E-state index contributed by atoms with van der Waals surface area (Å²) in [6, 6.07) is 12.5. The van der Waals surface area contributed by atoms with Gasteiger partial charge in [0.1, 0.15) is 17.8 Å². The number of H-pyrrole nitrogens is 1. The van der Waals surface area contributed by atoms with Gasteiger partial charge < -0.3 is 30.3 Å². The van der Waals surface area contributed by atoms with Crippen LogP contribution in [0.5, 0.6) is 0 Å². The topological polar surface area (TPSA) is 152 Å². The SMILES string of the molecule is CC(C)(C)[C@H](NC(=O)c1cc2cc(C(F)(F)P(=O)(O)O)ccc2[nH]1)C(=O)N1CCC[C@H]1C(=O)NC1C[C@H]1c1ccccc1. The molecule has 1 aliphatic heterocycles. The highest BCUT2D eigenvalue weighted by atomic mass is 31.2. The minimum Gasteiger partial charge on any atom is -0.351 e. The van der Waals surface area contributed by atoms with Crippen molar-refractivity contribution in [3.05, 3.63) is 71.4 Å². The maximum atomic E-state index is 14.2. The van der Waals surface area contributed by atoms with E-state index in [0.29, 0.717) is 24.9 Å². The zero-order valence-corrected chi connectivity index (χ0v) is 24.9. The molecule has 13 heteroatoms. The first kappa shape index (κ1) is 30.8. The summed E-state index contributed by atoms with van der Waals surface area (Å²) in [6.07, 6.45) is 1.99. The Bertz CT molecular complexity index is 1600. The number of nitrogens with zero attached hydrogens (tertiary/aromatic N) is 1. The van der Waals surface area contributed by atoms with Gasteiger partial charge in [0.05, 0.1) is 0 Å². The Balaban J connectivity index is 1.29. The average molecular weight is 617 g/mol. The Morgan fingerprint density at radius 3 is 2.42 bits per heavy atom. The van der Waals surface area contributed by atoms with E-state index in [9.17, 15) is 27.7 Å². The van der Waals surface area contributed by atoms with Crippen LogP contribution in [0.2, 0.25) is 0 Å². The molecular formula is C30H35F2N4O6P. The number of rotatable bonds is 8. The predicted octanol–water partition coefficient (Wildman–Crippen LogP) is 4.20. The molecule has 0 spiro atoms. The first-order valence-corrected chi connectivity index (χ1v) is 15.7. The summed E-state index contributed by atoms with van der Waals surface area (Å²) in [5.74, 6) is -1.04. The number of alkyl halides is 2. The lowest BCUT2D eigenvalue weighted by atomic mass is 9.85. The van der Waals surface area contributed by atoms with Gasteiger partial charge in [0.25, 0.3) is 5.91 Å². The van der Waals surface area contributed by atoms with Gasteiger partial charge in [-0.15, -0.1) is 0 Å². The summed E-state index contributed by atoms with van der Waals surface area (Å²) >= 11 is 0. The number of hydrogen-bond acceptors (Lipinski definition) is 4. The molecule has 1 saturated carbocycles. The molecule has 1 aromatic heterocycles. The zero-order valence-electron chi connectivity index (χ0n) is 24.0. The van der Waals surface area contributed by atoms with Crippen LogP contribution in [-0.2, 0) is 19.8 Å². The van der Waals surface area contributed by atoms with Crippen molar-refractivity contribution in [1.29, 1.82) is 0 Å². The van der Waals surface area contributed by atoms with E-state index in [1.165, 1.54) is 17.0 Å². The number of aromatic amines is 1. The fourth-order valence-corrected chi connectivity index (χ4v) is 6.11. The molecule has 4 atom stereocenters. The fraction of sp³-hybridized carbons (Fsp3) is 0.433. The van der Waals surface area contributed by atoms with Crippen LogP contribution in [0, 0.1) is 5.41 Å². The number of aromatic nitrogens is 1. The Kier molecular flexibility index (Phi) is 8.00. The number of nitrogens with one attached hydrogen (secondary N) is 3. The second kappa shape index (κ2) is 11.2. The quantitative estimate of drug-likeness (QED) is 0.239. The number of halogens is 2. The van der Waals surface area contributed by atoms with Crippen LogP contribution in [0.25, 0.3) is 10.9 Å². The molecule has 1 unspecified atom stereocenters. The van der Waals surface area contributed by atoms with E-state index < -0.39 is 48.1 Å². The van der Waals surface area contributed by atoms with Crippen molar-refractivity contribution >= 4 is 36.2 Å². The maximum Gasteiger partial charge on any atom is 0.399 e. The second-order valence-electron chi connectivity index (χ2n) is 12.4. The molecule has 2 heterocycles. The minimum absolute atomic E-state index is 0.00902. The highest BCUT2D eigenvalue weighted by Crippen LogP contribution is 2.59. The lowest BCUT2D eigenvalue weighted by Gasteiger charge is -2.35. The van der Waals surface area contributed by atoms with Crippen molar-refractivity contribution in [3.8, 4) is 0 Å². The molecule has 2 aromatic carbocycles. The molecule has 43 heavy (non-hydrogen) atoms. The van der Waals surface area contributed by atoms with E-state index in [4.69, 9.17) is 9.79 Å². The standard InChI is InChI=1S/C30H35F2N4O6P/c1-29(2,3)25(35-26(37)23-15-18-14-19(11-12-21(18)33-23)30(31,32)43(40,41)42)28(39)36-13-7-10-24(36)27(38)34-22-16-20(22)17-8-5-4-6-9-17/h4-6,8-9,11-12,14-15,20,22,24-25,33H,7,10,13,16H2,1-3H3,(H,34,38)(H,35,37)(H2,40,41,42)/t20-,22?,24-,25+/m0/s1. The predicted molar refractivity (Wildman–Crippen MR) is 155 cm³/mol. The van der Waals surface area contributed by atoms with Crippen molar-refractivity contribution in [3.63, 3.8) is 0 Å². The largest absolute Gasteiger partial charge is 0.399 e. The molecule has 2 fully saturated rings. The first-order chi connectivity index (χ1) is 20.1. The van der Waals surface area contributed by atoms with E-state index >= 15 is 0 Å². The molecule has 5 rings (SSSR count). The maximum absolute atomic E-state index is 14.2. The van der Waals surface area contributed by atoms with E-state index in [1.54, 1.807) is 20.8 Å². The van der Waals surface area contributed by atoms with Gasteiger partial charge in [0, 0.05) is 35.0 Å². The van der Waals surface area contributed by atoms with Crippen LogP contribution in [0.3, 0.4) is 0 Å². The van der Waals surface area contributed by atoms with Gasteiger partial charge in [-0.1, -0.05) is 57.2 Å². The zero-order chi connectivity index (χ0) is 31.3. The van der Waals surface area contributed by atoms with Gasteiger partial charge in [-0.05, 0) is 48.4 Å². The number of benzene rings is 2. The smallest absolute Gasteiger partial charge is 0.351 e. The molecular weight excluding hydrogens is 581 g/mol. The molecule has 0 bridgehead atoms. The third kappa shape index (κ3) is 6.23. The third-order valence-corrected chi connectivity index (χ3v) is 9.14. The van der Waals surface area contributed by atoms with E-state index in [0.717, 1.165) is 24.1 Å². The number of hydrogen-bond donors (Lipinski definition) is 5. The lowest BCUT2D eigenvalue weighted by molar-refractivity contribution is -0.141. The third-order valence-electron chi connectivity index (χ3n) is 8.15. The van der Waals surface area contributed by atoms with Gasteiger partial charge in [-0.2, -0.15) is 8.78 Å². The Hall–Kier alpha value is -3.60. The Morgan fingerprint density at radius 2 is 1.77 bits per heavy atom. The number of carbonyl (C=O) groups excluding carboxylic acids is 3. The van der Waals surface area contributed by atoms with Crippen molar-refractivity contribution in [2.75, 3.05) is 6.54 Å². The Morgan fingerprint density at radius 1 is 1.07 bits per heavy atom. The van der Waals surface area contributed by atoms with Crippen molar-refractivity contribution < 1.29 is 37.5 Å². The summed E-state index contributed by atoms with van der Waals surface area (Å²) in [6.45, 7) is 5.74. The fourth-order valence-electron chi connectivity index (χ4n) is 5.64. The number of likely N-dealkylation sites (tertiary alicyclic amines) is 1. The van der Waals surface area contributed by atoms with Crippen molar-refractivity contribution in [2.45, 2.75) is 69.7 Å². The van der Waals surface area contributed by atoms with E-state index in [-0.39, 0.29) is 28.9 Å². The van der Waals surface area contributed by atoms with Gasteiger partial charge in [0.15, 0.2) is 0 Å². The van der Waals surface area contributed by atoms with E-state index in [1.807, 2.05) is 30.3 Å². The molecule has 0 radical (unpaired) electrons.